The highest BCUT2D eigenvalue weighted by Gasteiger charge is 2.18. The van der Waals surface area contributed by atoms with Gasteiger partial charge in [-0.05, 0) is 42.0 Å². The Hall–Kier alpha value is -0.720. The van der Waals surface area contributed by atoms with Gasteiger partial charge in [0.05, 0.1) is 4.90 Å². The second kappa shape index (κ2) is 6.15. The zero-order valence-electron chi connectivity index (χ0n) is 11.3. The van der Waals surface area contributed by atoms with E-state index in [1.807, 2.05) is 17.8 Å². The van der Waals surface area contributed by atoms with Crippen LogP contribution in [0.1, 0.15) is 6.42 Å². The van der Waals surface area contributed by atoms with Gasteiger partial charge in [0, 0.05) is 26.3 Å². The maximum absolute atomic E-state index is 12.0. The molecule has 2 rings (SSSR count). The molecule has 1 aliphatic heterocycles. The van der Waals surface area contributed by atoms with Crippen LogP contribution in [0, 0.1) is 5.92 Å². The molecule has 1 aromatic carbocycles. The van der Waals surface area contributed by atoms with Crippen LogP contribution in [0.2, 0.25) is 0 Å². The lowest BCUT2D eigenvalue weighted by Gasteiger charge is -2.14. The standard InChI is InChI=1S/C13H20N2O2S2/c1-15(2)19(16,17)13-5-3-4-12(8-13)14-9-11-6-7-18-10-11/h3-5,8,11,14H,6-7,9-10H2,1-2H3. The van der Waals surface area contributed by atoms with Gasteiger partial charge < -0.3 is 5.32 Å². The topological polar surface area (TPSA) is 49.4 Å². The minimum atomic E-state index is -3.35. The summed E-state index contributed by atoms with van der Waals surface area (Å²) in [5, 5.41) is 3.34. The van der Waals surface area contributed by atoms with Crippen molar-refractivity contribution < 1.29 is 8.42 Å². The molecule has 1 fully saturated rings. The average Bonchev–Trinajstić information content (AvgIpc) is 2.89. The smallest absolute Gasteiger partial charge is 0.242 e. The first-order chi connectivity index (χ1) is 9.00. The van der Waals surface area contributed by atoms with E-state index in [1.165, 1.54) is 22.2 Å². The quantitative estimate of drug-likeness (QED) is 0.905. The van der Waals surface area contributed by atoms with E-state index in [-0.39, 0.29) is 0 Å². The summed E-state index contributed by atoms with van der Waals surface area (Å²) >= 11 is 1.99. The van der Waals surface area contributed by atoms with Crippen LogP contribution in [0.15, 0.2) is 29.2 Å². The van der Waals surface area contributed by atoms with Gasteiger partial charge in [0.25, 0.3) is 0 Å². The molecule has 0 radical (unpaired) electrons. The predicted octanol–water partition coefficient (Wildman–Crippen LogP) is 2.10. The highest BCUT2D eigenvalue weighted by molar-refractivity contribution is 7.99. The Morgan fingerprint density at radius 3 is 2.84 bits per heavy atom. The van der Waals surface area contributed by atoms with Crippen LogP contribution in [0.25, 0.3) is 0 Å². The lowest BCUT2D eigenvalue weighted by atomic mass is 10.1. The normalized spacial score (nSPS) is 19.8. The van der Waals surface area contributed by atoms with Gasteiger partial charge in [-0.15, -0.1) is 0 Å². The maximum atomic E-state index is 12.0. The summed E-state index contributed by atoms with van der Waals surface area (Å²) in [7, 11) is -0.254. The summed E-state index contributed by atoms with van der Waals surface area (Å²) < 4.78 is 25.3. The van der Waals surface area contributed by atoms with E-state index in [2.05, 4.69) is 5.32 Å². The molecule has 1 aromatic rings. The van der Waals surface area contributed by atoms with Crippen LogP contribution in [-0.2, 0) is 10.0 Å². The Morgan fingerprint density at radius 1 is 1.42 bits per heavy atom. The third kappa shape index (κ3) is 3.64. The molecule has 0 aromatic heterocycles. The summed E-state index contributed by atoms with van der Waals surface area (Å²) in [5.74, 6) is 3.13. The number of nitrogens with one attached hydrogen (secondary N) is 1. The SMILES string of the molecule is CN(C)S(=O)(=O)c1cccc(NCC2CCSC2)c1. The molecule has 0 saturated carbocycles. The monoisotopic (exact) mass is 300 g/mol. The Morgan fingerprint density at radius 2 is 2.21 bits per heavy atom. The first kappa shape index (κ1) is 14.7. The summed E-state index contributed by atoms with van der Waals surface area (Å²) in [5.41, 5.74) is 0.875. The van der Waals surface area contributed by atoms with Gasteiger partial charge in [-0.1, -0.05) is 6.07 Å². The second-order valence-electron chi connectivity index (χ2n) is 4.93. The molecule has 1 N–H and O–H groups in total. The molecule has 0 spiro atoms. The number of sulfonamides is 1. The number of rotatable bonds is 5. The summed E-state index contributed by atoms with van der Waals surface area (Å²) in [6, 6.07) is 7.03. The molecular weight excluding hydrogens is 280 g/mol. The number of hydrogen-bond donors (Lipinski definition) is 1. The molecule has 19 heavy (non-hydrogen) atoms. The number of anilines is 1. The van der Waals surface area contributed by atoms with Crippen molar-refractivity contribution in [1.82, 2.24) is 4.31 Å². The van der Waals surface area contributed by atoms with Gasteiger partial charge in [0.15, 0.2) is 0 Å². The van der Waals surface area contributed by atoms with Gasteiger partial charge in [-0.25, -0.2) is 12.7 Å². The van der Waals surface area contributed by atoms with E-state index in [1.54, 1.807) is 32.3 Å². The Balaban J connectivity index is 2.06. The average molecular weight is 300 g/mol. The molecule has 0 aliphatic carbocycles. The Bertz CT molecular complexity index is 523. The lowest BCUT2D eigenvalue weighted by molar-refractivity contribution is 0.521. The van der Waals surface area contributed by atoms with E-state index in [0.29, 0.717) is 10.8 Å². The maximum Gasteiger partial charge on any atom is 0.242 e. The largest absolute Gasteiger partial charge is 0.385 e. The molecule has 1 heterocycles. The first-order valence-electron chi connectivity index (χ1n) is 6.34. The molecule has 1 saturated heterocycles. The van der Waals surface area contributed by atoms with Crippen LogP contribution in [-0.4, -0.2) is 44.9 Å². The van der Waals surface area contributed by atoms with Crippen LogP contribution < -0.4 is 5.32 Å². The summed E-state index contributed by atoms with van der Waals surface area (Å²) in [6.45, 7) is 0.915. The molecule has 106 valence electrons. The van der Waals surface area contributed by atoms with Crippen molar-refractivity contribution in [2.24, 2.45) is 5.92 Å². The molecule has 1 unspecified atom stereocenters. The number of nitrogens with zero attached hydrogens (tertiary/aromatic N) is 1. The van der Waals surface area contributed by atoms with Gasteiger partial charge in [-0.3, -0.25) is 0 Å². The fourth-order valence-corrected chi connectivity index (χ4v) is 4.22. The highest BCUT2D eigenvalue weighted by atomic mass is 32.2. The van der Waals surface area contributed by atoms with Crippen molar-refractivity contribution in [3.8, 4) is 0 Å². The Kier molecular flexibility index (Phi) is 4.76. The minimum Gasteiger partial charge on any atom is -0.385 e. The zero-order chi connectivity index (χ0) is 13.9. The fourth-order valence-electron chi connectivity index (χ4n) is 1.98. The van der Waals surface area contributed by atoms with Gasteiger partial charge in [0.2, 0.25) is 10.0 Å². The van der Waals surface area contributed by atoms with Gasteiger partial charge >= 0.3 is 0 Å². The van der Waals surface area contributed by atoms with Crippen molar-refractivity contribution in [2.75, 3.05) is 37.5 Å². The third-order valence-electron chi connectivity index (χ3n) is 3.23. The van der Waals surface area contributed by atoms with Crippen molar-refractivity contribution in [2.45, 2.75) is 11.3 Å². The van der Waals surface area contributed by atoms with Crippen LogP contribution >= 0.6 is 11.8 Å². The van der Waals surface area contributed by atoms with Crippen LogP contribution in [0.4, 0.5) is 5.69 Å². The second-order valence-corrected chi connectivity index (χ2v) is 8.23. The van der Waals surface area contributed by atoms with Gasteiger partial charge in [-0.2, -0.15) is 11.8 Å². The van der Waals surface area contributed by atoms with Crippen molar-refractivity contribution in [3.63, 3.8) is 0 Å². The number of benzene rings is 1. The molecule has 0 amide bonds. The molecule has 1 aliphatic rings. The number of hydrogen-bond acceptors (Lipinski definition) is 4. The molecule has 6 heteroatoms. The third-order valence-corrected chi connectivity index (χ3v) is 6.27. The predicted molar refractivity (Wildman–Crippen MR) is 81.2 cm³/mol. The molecular formula is C13H20N2O2S2. The van der Waals surface area contributed by atoms with Crippen molar-refractivity contribution in [1.29, 1.82) is 0 Å². The zero-order valence-corrected chi connectivity index (χ0v) is 12.9. The summed E-state index contributed by atoms with van der Waals surface area (Å²) in [4.78, 5) is 0.336. The van der Waals surface area contributed by atoms with E-state index < -0.39 is 10.0 Å². The van der Waals surface area contributed by atoms with Crippen LogP contribution in [0.3, 0.4) is 0 Å². The highest BCUT2D eigenvalue weighted by Crippen LogP contribution is 2.24. The van der Waals surface area contributed by atoms with Gasteiger partial charge in [0.1, 0.15) is 0 Å². The summed E-state index contributed by atoms with van der Waals surface area (Å²) in [6.07, 6.45) is 1.24. The molecule has 0 bridgehead atoms. The van der Waals surface area contributed by atoms with E-state index in [4.69, 9.17) is 0 Å². The fraction of sp³-hybridized carbons (Fsp3) is 0.538. The van der Waals surface area contributed by atoms with E-state index in [0.717, 1.165) is 12.2 Å². The van der Waals surface area contributed by atoms with E-state index >= 15 is 0 Å². The minimum absolute atomic E-state index is 0.336. The number of thioether (sulfide) groups is 1. The first-order valence-corrected chi connectivity index (χ1v) is 8.94. The van der Waals surface area contributed by atoms with Crippen molar-refractivity contribution in [3.05, 3.63) is 24.3 Å². The van der Waals surface area contributed by atoms with Crippen molar-refractivity contribution >= 4 is 27.5 Å². The van der Waals surface area contributed by atoms with Crippen LogP contribution in [0.5, 0.6) is 0 Å². The Labute approximate surface area is 119 Å². The molecule has 1 atom stereocenters. The van der Waals surface area contributed by atoms with E-state index in [9.17, 15) is 8.42 Å². The molecule has 4 nitrogen and oxygen atoms in total. The lowest BCUT2D eigenvalue weighted by Crippen LogP contribution is -2.22.